The molecule has 2 amide bonds. The lowest BCUT2D eigenvalue weighted by molar-refractivity contribution is -0.133. The summed E-state index contributed by atoms with van der Waals surface area (Å²) in [7, 11) is 0. The first kappa shape index (κ1) is 16.0. The van der Waals surface area contributed by atoms with Crippen molar-refractivity contribution in [1.29, 1.82) is 0 Å². The van der Waals surface area contributed by atoms with Crippen LogP contribution in [0.5, 0.6) is 0 Å². The smallest absolute Gasteiger partial charge is 0.255 e. The summed E-state index contributed by atoms with van der Waals surface area (Å²) in [6.07, 6.45) is 7.78. The normalized spacial score (nSPS) is 15.9. The van der Waals surface area contributed by atoms with Crippen molar-refractivity contribution in [2.45, 2.75) is 13.0 Å². The molecule has 1 saturated heterocycles. The van der Waals surface area contributed by atoms with E-state index in [4.69, 9.17) is 4.42 Å². The maximum absolute atomic E-state index is 12.5. The van der Waals surface area contributed by atoms with Gasteiger partial charge in [-0.05, 0) is 13.0 Å². The Hall–Kier alpha value is -2.90. The number of piperazine rings is 1. The summed E-state index contributed by atoms with van der Waals surface area (Å²) in [5.41, 5.74) is 0.405. The Bertz CT molecular complexity index is 681. The molecule has 1 N–H and O–H groups in total. The van der Waals surface area contributed by atoms with Gasteiger partial charge in [0.25, 0.3) is 5.91 Å². The molecule has 126 valence electrons. The Morgan fingerprint density at radius 3 is 2.67 bits per heavy atom. The molecule has 2 aromatic rings. The van der Waals surface area contributed by atoms with Gasteiger partial charge in [0, 0.05) is 38.6 Å². The van der Waals surface area contributed by atoms with E-state index in [1.165, 1.54) is 12.5 Å². The molecule has 24 heavy (non-hydrogen) atoms. The van der Waals surface area contributed by atoms with E-state index in [0.29, 0.717) is 31.7 Å². The molecule has 1 fully saturated rings. The van der Waals surface area contributed by atoms with Crippen LogP contribution in [0.2, 0.25) is 0 Å². The van der Waals surface area contributed by atoms with E-state index in [1.807, 2.05) is 0 Å². The molecule has 0 aliphatic carbocycles. The van der Waals surface area contributed by atoms with Crippen LogP contribution in [-0.2, 0) is 4.79 Å². The number of nitrogens with zero attached hydrogens (tertiary/aromatic N) is 4. The fourth-order valence-electron chi connectivity index (χ4n) is 2.62. The highest BCUT2D eigenvalue weighted by molar-refractivity contribution is 5.97. The fraction of sp³-hybridized carbons (Fsp3) is 0.375. The molecular weight excluding hydrogens is 310 g/mol. The summed E-state index contributed by atoms with van der Waals surface area (Å²) in [5.74, 6) is 0.402. The molecule has 1 aliphatic rings. The molecule has 1 aliphatic heterocycles. The van der Waals surface area contributed by atoms with Gasteiger partial charge in [-0.2, -0.15) is 0 Å². The number of amides is 2. The number of aromatic nitrogens is 2. The van der Waals surface area contributed by atoms with E-state index in [9.17, 15) is 9.59 Å². The average Bonchev–Trinajstić information content (AvgIpc) is 3.17. The quantitative estimate of drug-likeness (QED) is 0.880. The summed E-state index contributed by atoms with van der Waals surface area (Å²) < 4.78 is 4.88. The molecule has 0 unspecified atom stereocenters. The van der Waals surface area contributed by atoms with E-state index < -0.39 is 6.04 Å². The van der Waals surface area contributed by atoms with Gasteiger partial charge < -0.3 is 19.5 Å². The number of carbonyl (C=O) groups excluding carboxylic acids is 2. The minimum Gasteiger partial charge on any atom is -0.472 e. The molecule has 1 atom stereocenters. The van der Waals surface area contributed by atoms with E-state index in [0.717, 1.165) is 5.82 Å². The van der Waals surface area contributed by atoms with Gasteiger partial charge in [-0.25, -0.2) is 4.98 Å². The molecule has 0 aromatic carbocycles. The second-order valence-corrected chi connectivity index (χ2v) is 5.58. The molecule has 8 heteroatoms. The predicted octanol–water partition coefficient (Wildman–Crippen LogP) is 0.537. The summed E-state index contributed by atoms with van der Waals surface area (Å²) in [6.45, 7) is 4.23. The zero-order valence-electron chi connectivity index (χ0n) is 13.4. The van der Waals surface area contributed by atoms with Crippen LogP contribution in [0.15, 0.2) is 41.6 Å². The van der Waals surface area contributed by atoms with Gasteiger partial charge in [-0.1, -0.05) is 0 Å². The lowest BCUT2D eigenvalue weighted by Crippen LogP contribution is -2.54. The van der Waals surface area contributed by atoms with Crippen LogP contribution >= 0.6 is 0 Å². The first-order chi connectivity index (χ1) is 11.6. The van der Waals surface area contributed by atoms with Crippen LogP contribution in [0.4, 0.5) is 5.82 Å². The van der Waals surface area contributed by atoms with Crippen molar-refractivity contribution in [3.8, 4) is 0 Å². The third-order valence-corrected chi connectivity index (χ3v) is 3.97. The van der Waals surface area contributed by atoms with Gasteiger partial charge in [0.15, 0.2) is 0 Å². The van der Waals surface area contributed by atoms with Gasteiger partial charge in [0.2, 0.25) is 5.91 Å². The lowest BCUT2D eigenvalue weighted by Gasteiger charge is -2.36. The largest absolute Gasteiger partial charge is 0.472 e. The molecule has 0 radical (unpaired) electrons. The molecule has 2 aromatic heterocycles. The van der Waals surface area contributed by atoms with Crippen molar-refractivity contribution in [2.75, 3.05) is 31.1 Å². The SMILES string of the molecule is C[C@H](NC(=O)c1ccoc1)C(=O)N1CCN(c2cnccn2)CC1. The maximum atomic E-state index is 12.5. The van der Waals surface area contributed by atoms with Crippen molar-refractivity contribution in [3.63, 3.8) is 0 Å². The van der Waals surface area contributed by atoms with E-state index in [1.54, 1.807) is 36.5 Å². The van der Waals surface area contributed by atoms with Gasteiger partial charge in [-0.3, -0.25) is 14.6 Å². The summed E-state index contributed by atoms with van der Waals surface area (Å²) in [6, 6.07) is 0.974. The summed E-state index contributed by atoms with van der Waals surface area (Å²) in [4.78, 5) is 36.6. The molecule has 0 spiro atoms. The second kappa shape index (κ2) is 7.12. The number of rotatable bonds is 4. The Balaban J connectivity index is 1.52. The third-order valence-electron chi connectivity index (χ3n) is 3.97. The highest BCUT2D eigenvalue weighted by atomic mass is 16.3. The van der Waals surface area contributed by atoms with Crippen LogP contribution in [0.25, 0.3) is 0 Å². The van der Waals surface area contributed by atoms with E-state index in [-0.39, 0.29) is 11.8 Å². The molecular formula is C16H19N5O3. The Kier molecular flexibility index (Phi) is 4.74. The predicted molar refractivity (Wildman–Crippen MR) is 86.5 cm³/mol. The number of anilines is 1. The zero-order valence-corrected chi connectivity index (χ0v) is 13.4. The van der Waals surface area contributed by atoms with Gasteiger partial charge in [0.05, 0.1) is 18.0 Å². The second-order valence-electron chi connectivity index (χ2n) is 5.58. The highest BCUT2D eigenvalue weighted by Crippen LogP contribution is 2.12. The molecule has 3 rings (SSSR count). The number of furan rings is 1. The number of hydrogen-bond acceptors (Lipinski definition) is 6. The van der Waals surface area contributed by atoms with Gasteiger partial charge in [-0.15, -0.1) is 0 Å². The Morgan fingerprint density at radius 1 is 1.25 bits per heavy atom. The number of carbonyl (C=O) groups is 2. The topological polar surface area (TPSA) is 91.6 Å². The van der Waals surface area contributed by atoms with Crippen molar-refractivity contribution >= 4 is 17.6 Å². The van der Waals surface area contributed by atoms with Crippen molar-refractivity contribution in [1.82, 2.24) is 20.2 Å². The standard InChI is InChI=1S/C16H19N5O3/c1-12(19-15(22)13-2-9-24-11-13)16(23)21-7-5-20(6-8-21)14-10-17-3-4-18-14/h2-4,9-12H,5-8H2,1H3,(H,19,22)/t12-/m0/s1. The van der Waals surface area contributed by atoms with Crippen LogP contribution in [0.3, 0.4) is 0 Å². The van der Waals surface area contributed by atoms with Crippen molar-refractivity contribution in [2.24, 2.45) is 0 Å². The Labute approximate surface area is 139 Å². The lowest BCUT2D eigenvalue weighted by atomic mass is 10.2. The van der Waals surface area contributed by atoms with Crippen LogP contribution < -0.4 is 10.2 Å². The van der Waals surface area contributed by atoms with Gasteiger partial charge >= 0.3 is 0 Å². The minimum absolute atomic E-state index is 0.0920. The molecule has 8 nitrogen and oxygen atoms in total. The van der Waals surface area contributed by atoms with Crippen LogP contribution in [-0.4, -0.2) is 58.9 Å². The molecule has 3 heterocycles. The van der Waals surface area contributed by atoms with Gasteiger partial charge in [0.1, 0.15) is 18.1 Å². The number of hydrogen-bond donors (Lipinski definition) is 1. The van der Waals surface area contributed by atoms with Crippen molar-refractivity contribution < 1.29 is 14.0 Å². The van der Waals surface area contributed by atoms with E-state index in [2.05, 4.69) is 20.2 Å². The first-order valence-corrected chi connectivity index (χ1v) is 7.78. The molecule has 0 bridgehead atoms. The molecule has 0 saturated carbocycles. The fourth-order valence-corrected chi connectivity index (χ4v) is 2.62. The van der Waals surface area contributed by atoms with Crippen LogP contribution in [0.1, 0.15) is 17.3 Å². The van der Waals surface area contributed by atoms with Crippen molar-refractivity contribution in [3.05, 3.63) is 42.7 Å². The highest BCUT2D eigenvalue weighted by Gasteiger charge is 2.26. The summed E-state index contributed by atoms with van der Waals surface area (Å²) >= 11 is 0. The average molecular weight is 329 g/mol. The van der Waals surface area contributed by atoms with Crippen LogP contribution in [0, 0.1) is 0 Å². The first-order valence-electron chi connectivity index (χ1n) is 7.78. The minimum atomic E-state index is -0.588. The number of nitrogens with one attached hydrogen (secondary N) is 1. The third kappa shape index (κ3) is 3.53. The summed E-state index contributed by atoms with van der Waals surface area (Å²) in [5, 5.41) is 2.70. The maximum Gasteiger partial charge on any atom is 0.255 e. The van der Waals surface area contributed by atoms with E-state index >= 15 is 0 Å². The zero-order chi connectivity index (χ0) is 16.9. The Morgan fingerprint density at radius 2 is 2.04 bits per heavy atom. The monoisotopic (exact) mass is 329 g/mol.